The maximum absolute atomic E-state index is 12.0. The number of hydrogen-bond acceptors (Lipinski definition) is 6. The third-order valence-corrected chi connectivity index (χ3v) is 3.13. The zero-order valence-corrected chi connectivity index (χ0v) is 12.8. The van der Waals surface area contributed by atoms with Crippen LogP contribution < -0.4 is 10.1 Å². The topological polar surface area (TPSA) is 115 Å². The van der Waals surface area contributed by atoms with Gasteiger partial charge in [0.2, 0.25) is 0 Å². The Balaban J connectivity index is 2.14. The van der Waals surface area contributed by atoms with Crippen molar-refractivity contribution in [2.45, 2.75) is 25.8 Å². The van der Waals surface area contributed by atoms with Gasteiger partial charge in [-0.15, -0.1) is 0 Å². The number of hydrogen-bond donors (Lipinski definition) is 2. The molecule has 0 spiro atoms. The summed E-state index contributed by atoms with van der Waals surface area (Å²) in [5.41, 5.74) is 0.597. The molecule has 23 heavy (non-hydrogen) atoms. The van der Waals surface area contributed by atoms with Gasteiger partial charge in [0.05, 0.1) is 7.11 Å². The van der Waals surface area contributed by atoms with Gasteiger partial charge in [0.1, 0.15) is 11.8 Å². The highest BCUT2D eigenvalue weighted by molar-refractivity contribution is 5.93. The van der Waals surface area contributed by atoms with Gasteiger partial charge < -0.3 is 19.7 Å². The number of carbonyl (C=O) groups excluding carboxylic acids is 1. The van der Waals surface area contributed by atoms with E-state index in [1.807, 2.05) is 6.92 Å². The zero-order chi connectivity index (χ0) is 16.8. The minimum atomic E-state index is -1.10. The SMILES string of the molecule is CCCC(NC(=O)c1noc(-c2cccc(OC)c2)n1)C(=O)O. The molecule has 1 aromatic carbocycles. The van der Waals surface area contributed by atoms with Crippen LogP contribution in [0.5, 0.6) is 5.75 Å². The molecule has 1 amide bonds. The molecular formula is C15H17N3O5. The molecule has 2 rings (SSSR count). The predicted molar refractivity (Wildman–Crippen MR) is 80.1 cm³/mol. The van der Waals surface area contributed by atoms with Crippen LogP contribution in [0.4, 0.5) is 0 Å². The lowest BCUT2D eigenvalue weighted by Gasteiger charge is -2.11. The van der Waals surface area contributed by atoms with Crippen LogP contribution in [0.15, 0.2) is 28.8 Å². The van der Waals surface area contributed by atoms with E-state index in [-0.39, 0.29) is 11.7 Å². The van der Waals surface area contributed by atoms with Gasteiger partial charge in [-0.2, -0.15) is 4.98 Å². The van der Waals surface area contributed by atoms with Crippen molar-refractivity contribution in [3.05, 3.63) is 30.1 Å². The third kappa shape index (κ3) is 4.06. The molecule has 0 aliphatic rings. The van der Waals surface area contributed by atoms with Crippen molar-refractivity contribution in [3.63, 3.8) is 0 Å². The number of aliphatic carboxylic acids is 1. The van der Waals surface area contributed by atoms with Crippen LogP contribution in [-0.4, -0.2) is 40.3 Å². The molecule has 1 heterocycles. The number of carboxylic acid groups (broad SMARTS) is 1. The number of methoxy groups -OCH3 is 1. The second kappa shape index (κ2) is 7.39. The number of carbonyl (C=O) groups is 2. The molecule has 8 nitrogen and oxygen atoms in total. The third-order valence-electron chi connectivity index (χ3n) is 3.13. The summed E-state index contributed by atoms with van der Waals surface area (Å²) < 4.78 is 10.2. The van der Waals surface area contributed by atoms with Gasteiger partial charge in [0.25, 0.3) is 17.6 Å². The highest BCUT2D eigenvalue weighted by Gasteiger charge is 2.23. The minimum Gasteiger partial charge on any atom is -0.497 e. The van der Waals surface area contributed by atoms with Crippen molar-refractivity contribution in [2.75, 3.05) is 7.11 Å². The van der Waals surface area contributed by atoms with Gasteiger partial charge in [0.15, 0.2) is 0 Å². The lowest BCUT2D eigenvalue weighted by atomic mass is 10.1. The highest BCUT2D eigenvalue weighted by atomic mass is 16.5. The number of rotatable bonds is 7. The quantitative estimate of drug-likeness (QED) is 0.798. The van der Waals surface area contributed by atoms with E-state index in [1.165, 1.54) is 7.11 Å². The summed E-state index contributed by atoms with van der Waals surface area (Å²) in [4.78, 5) is 27.1. The highest BCUT2D eigenvalue weighted by Crippen LogP contribution is 2.22. The van der Waals surface area contributed by atoms with Crippen LogP contribution in [0.1, 0.15) is 30.4 Å². The lowest BCUT2D eigenvalue weighted by Crippen LogP contribution is -2.41. The van der Waals surface area contributed by atoms with Crippen molar-refractivity contribution < 1.29 is 24.0 Å². The van der Waals surface area contributed by atoms with Crippen molar-refractivity contribution in [2.24, 2.45) is 0 Å². The van der Waals surface area contributed by atoms with Crippen LogP contribution in [-0.2, 0) is 4.79 Å². The second-order valence-electron chi connectivity index (χ2n) is 4.81. The molecule has 2 N–H and O–H groups in total. The molecule has 0 aliphatic carbocycles. The Bertz CT molecular complexity index is 698. The first-order valence-corrected chi connectivity index (χ1v) is 7.07. The van der Waals surface area contributed by atoms with Crippen LogP contribution in [0.3, 0.4) is 0 Å². The number of carboxylic acids is 1. The van der Waals surface area contributed by atoms with Crippen LogP contribution in [0, 0.1) is 0 Å². The molecule has 0 aliphatic heterocycles. The summed E-state index contributed by atoms with van der Waals surface area (Å²) >= 11 is 0. The molecular weight excluding hydrogens is 302 g/mol. The number of ether oxygens (including phenoxy) is 1. The van der Waals surface area contributed by atoms with Crippen molar-refractivity contribution in [1.29, 1.82) is 0 Å². The van der Waals surface area contributed by atoms with E-state index in [1.54, 1.807) is 24.3 Å². The minimum absolute atomic E-state index is 0.149. The summed E-state index contributed by atoms with van der Waals surface area (Å²) in [6.45, 7) is 1.83. The first kappa shape index (κ1) is 16.5. The van der Waals surface area contributed by atoms with Crippen molar-refractivity contribution in [3.8, 4) is 17.2 Å². The largest absolute Gasteiger partial charge is 0.497 e. The fraction of sp³-hybridized carbons (Fsp3) is 0.333. The number of nitrogens with one attached hydrogen (secondary N) is 1. The maximum Gasteiger partial charge on any atom is 0.326 e. The summed E-state index contributed by atoms with van der Waals surface area (Å²) in [5, 5.41) is 15.0. The normalized spacial score (nSPS) is 11.7. The molecule has 1 unspecified atom stereocenters. The number of benzene rings is 1. The molecule has 0 bridgehead atoms. The fourth-order valence-corrected chi connectivity index (χ4v) is 1.96. The van der Waals surface area contributed by atoms with Gasteiger partial charge in [-0.1, -0.05) is 24.6 Å². The van der Waals surface area contributed by atoms with Crippen LogP contribution in [0.2, 0.25) is 0 Å². The van der Waals surface area contributed by atoms with E-state index in [9.17, 15) is 9.59 Å². The van der Waals surface area contributed by atoms with Gasteiger partial charge in [-0.25, -0.2) is 4.79 Å². The number of amides is 1. The lowest BCUT2D eigenvalue weighted by molar-refractivity contribution is -0.139. The number of nitrogens with zero attached hydrogens (tertiary/aromatic N) is 2. The predicted octanol–water partition coefficient (Wildman–Crippen LogP) is 1.73. The average molecular weight is 319 g/mol. The van der Waals surface area contributed by atoms with Gasteiger partial charge >= 0.3 is 5.97 Å². The fourth-order valence-electron chi connectivity index (χ4n) is 1.96. The molecule has 1 atom stereocenters. The molecule has 1 aromatic heterocycles. The summed E-state index contributed by atoms with van der Waals surface area (Å²) in [7, 11) is 1.53. The molecule has 2 aromatic rings. The van der Waals surface area contributed by atoms with Crippen LogP contribution in [0.25, 0.3) is 11.5 Å². The van der Waals surface area contributed by atoms with E-state index in [4.69, 9.17) is 14.4 Å². The summed E-state index contributed by atoms with van der Waals surface area (Å²) in [6, 6.07) is 5.95. The van der Waals surface area contributed by atoms with Crippen molar-refractivity contribution >= 4 is 11.9 Å². The Hall–Kier alpha value is -2.90. The van der Waals surface area contributed by atoms with Gasteiger partial charge in [0, 0.05) is 5.56 Å². The molecule has 0 saturated heterocycles. The number of aromatic nitrogens is 2. The molecule has 8 heteroatoms. The Kier molecular flexibility index (Phi) is 5.29. The van der Waals surface area contributed by atoms with E-state index < -0.39 is 17.9 Å². The standard InChI is InChI=1S/C15H17N3O5/c1-3-5-11(15(20)21)16-13(19)12-17-14(23-18-12)9-6-4-7-10(8-9)22-2/h4,6-8,11H,3,5H2,1-2H3,(H,16,19)(H,20,21). The molecule has 0 saturated carbocycles. The van der Waals surface area contributed by atoms with Crippen molar-refractivity contribution in [1.82, 2.24) is 15.5 Å². The molecule has 0 radical (unpaired) electrons. The Morgan fingerprint density at radius 1 is 1.43 bits per heavy atom. The average Bonchev–Trinajstić information content (AvgIpc) is 3.04. The Morgan fingerprint density at radius 2 is 2.22 bits per heavy atom. The maximum atomic E-state index is 12.0. The van der Waals surface area contributed by atoms with E-state index >= 15 is 0 Å². The first-order valence-electron chi connectivity index (χ1n) is 7.07. The van der Waals surface area contributed by atoms with E-state index in [2.05, 4.69) is 15.5 Å². The Morgan fingerprint density at radius 3 is 2.87 bits per heavy atom. The van der Waals surface area contributed by atoms with Gasteiger partial charge in [-0.05, 0) is 24.6 Å². The van der Waals surface area contributed by atoms with E-state index in [0.717, 1.165) is 0 Å². The summed E-state index contributed by atoms with van der Waals surface area (Å²) in [5.74, 6) is -1.25. The summed E-state index contributed by atoms with van der Waals surface area (Å²) in [6.07, 6.45) is 0.945. The zero-order valence-electron chi connectivity index (χ0n) is 12.8. The van der Waals surface area contributed by atoms with Crippen LogP contribution >= 0.6 is 0 Å². The van der Waals surface area contributed by atoms with E-state index in [0.29, 0.717) is 24.2 Å². The van der Waals surface area contributed by atoms with Gasteiger partial charge in [-0.3, -0.25) is 4.79 Å². The second-order valence-corrected chi connectivity index (χ2v) is 4.81. The molecule has 0 fully saturated rings. The monoisotopic (exact) mass is 319 g/mol. The molecule has 122 valence electrons. The Labute approximate surface area is 132 Å². The smallest absolute Gasteiger partial charge is 0.326 e. The first-order chi connectivity index (χ1) is 11.0.